The van der Waals surface area contributed by atoms with Crippen molar-refractivity contribution in [1.82, 2.24) is 5.32 Å². The average Bonchev–Trinajstić information content (AvgIpc) is 2.73. The Labute approximate surface area is 124 Å². The van der Waals surface area contributed by atoms with E-state index in [1.165, 1.54) is 57.8 Å². The third-order valence-corrected chi connectivity index (χ3v) is 5.55. The van der Waals surface area contributed by atoms with E-state index in [0.717, 1.165) is 17.9 Å². The normalized spacial score (nSPS) is 30.6. The maximum atomic E-state index is 3.53. The summed E-state index contributed by atoms with van der Waals surface area (Å²) in [4.78, 5) is 0. The van der Waals surface area contributed by atoms with E-state index in [-0.39, 0.29) is 0 Å². The van der Waals surface area contributed by atoms with Gasteiger partial charge in [-0.25, -0.2) is 0 Å². The molecule has 1 nitrogen and oxygen atoms in total. The lowest BCUT2D eigenvalue weighted by Gasteiger charge is -2.29. The molecule has 3 unspecified atom stereocenters. The molecule has 0 aliphatic heterocycles. The van der Waals surface area contributed by atoms with Crippen LogP contribution >= 0.6 is 0 Å². The zero-order chi connectivity index (χ0) is 13.8. The van der Waals surface area contributed by atoms with E-state index in [1.807, 2.05) is 0 Å². The summed E-state index contributed by atoms with van der Waals surface area (Å²) in [5.41, 5.74) is 3.30. The van der Waals surface area contributed by atoms with E-state index < -0.39 is 0 Å². The lowest BCUT2D eigenvalue weighted by molar-refractivity contribution is 0.340. The second-order valence-electron chi connectivity index (χ2n) is 6.90. The molecule has 0 radical (unpaired) electrons. The highest BCUT2D eigenvalue weighted by atomic mass is 14.9. The molecule has 0 saturated heterocycles. The van der Waals surface area contributed by atoms with Gasteiger partial charge in [0, 0.05) is 6.04 Å². The second kappa shape index (κ2) is 6.76. The molecule has 2 aliphatic rings. The predicted octanol–water partition coefficient (Wildman–Crippen LogP) is 4.66. The maximum Gasteiger partial charge on any atom is 0.00667 e. The molecular formula is C19H29N. The van der Waals surface area contributed by atoms with Crippen molar-refractivity contribution >= 4 is 0 Å². The van der Waals surface area contributed by atoms with Crippen LogP contribution < -0.4 is 5.32 Å². The van der Waals surface area contributed by atoms with Crippen LogP contribution in [0.1, 0.15) is 68.4 Å². The smallest absolute Gasteiger partial charge is 0.00667 e. The minimum atomic E-state index is 0.765. The Morgan fingerprint density at radius 2 is 1.90 bits per heavy atom. The van der Waals surface area contributed by atoms with E-state index in [2.05, 4.69) is 36.6 Å². The standard InChI is InChI=1S/C19H29N/c1-20-18-11-4-2-7-15(14-18)13-17-10-6-9-16-8-3-5-12-19(16)17/h3,5,8,12,15,17-18,20H,2,4,6-7,9-11,13-14H2,1H3. The van der Waals surface area contributed by atoms with Crippen LogP contribution in [0.3, 0.4) is 0 Å². The SMILES string of the molecule is CNC1CCCCC(CC2CCCc3ccccc32)C1. The summed E-state index contributed by atoms with van der Waals surface area (Å²) in [6.45, 7) is 0. The molecule has 3 atom stereocenters. The Morgan fingerprint density at radius 1 is 1.05 bits per heavy atom. The molecule has 1 N–H and O–H groups in total. The predicted molar refractivity (Wildman–Crippen MR) is 86.2 cm³/mol. The molecule has 1 fully saturated rings. The fourth-order valence-electron chi connectivity index (χ4n) is 4.44. The lowest BCUT2D eigenvalue weighted by atomic mass is 9.76. The maximum absolute atomic E-state index is 3.53. The van der Waals surface area contributed by atoms with Gasteiger partial charge in [0.2, 0.25) is 0 Å². The zero-order valence-corrected chi connectivity index (χ0v) is 12.9. The summed E-state index contributed by atoms with van der Waals surface area (Å²) in [5, 5.41) is 3.53. The van der Waals surface area contributed by atoms with Crippen molar-refractivity contribution in [2.75, 3.05) is 7.05 Å². The molecule has 1 saturated carbocycles. The highest BCUT2D eigenvalue weighted by Gasteiger charge is 2.25. The van der Waals surface area contributed by atoms with Crippen LogP contribution in [0.4, 0.5) is 0 Å². The van der Waals surface area contributed by atoms with E-state index in [1.54, 1.807) is 11.1 Å². The van der Waals surface area contributed by atoms with Gasteiger partial charge in [0.1, 0.15) is 0 Å². The summed E-state index contributed by atoms with van der Waals surface area (Å²) in [5.74, 6) is 1.77. The minimum Gasteiger partial charge on any atom is -0.317 e. The van der Waals surface area contributed by atoms with Gasteiger partial charge in [0.15, 0.2) is 0 Å². The minimum absolute atomic E-state index is 0.765. The van der Waals surface area contributed by atoms with Gasteiger partial charge >= 0.3 is 0 Å². The molecule has 0 aromatic heterocycles. The van der Waals surface area contributed by atoms with Crippen molar-refractivity contribution in [2.24, 2.45) is 5.92 Å². The summed E-state index contributed by atoms with van der Waals surface area (Å²) < 4.78 is 0. The van der Waals surface area contributed by atoms with Crippen molar-refractivity contribution in [3.8, 4) is 0 Å². The Balaban J connectivity index is 1.68. The zero-order valence-electron chi connectivity index (χ0n) is 12.9. The van der Waals surface area contributed by atoms with Crippen LogP contribution in [0.25, 0.3) is 0 Å². The van der Waals surface area contributed by atoms with Crippen LogP contribution in [0.2, 0.25) is 0 Å². The molecule has 1 aromatic carbocycles. The first kappa shape index (κ1) is 14.1. The first-order chi connectivity index (χ1) is 9.86. The summed E-state index contributed by atoms with van der Waals surface area (Å²) in [6.07, 6.45) is 12.6. The van der Waals surface area contributed by atoms with E-state index in [4.69, 9.17) is 0 Å². The van der Waals surface area contributed by atoms with Crippen molar-refractivity contribution in [3.63, 3.8) is 0 Å². The molecule has 1 heteroatoms. The van der Waals surface area contributed by atoms with Crippen molar-refractivity contribution < 1.29 is 0 Å². The molecular weight excluding hydrogens is 242 g/mol. The van der Waals surface area contributed by atoms with Crippen molar-refractivity contribution in [3.05, 3.63) is 35.4 Å². The van der Waals surface area contributed by atoms with Gasteiger partial charge < -0.3 is 5.32 Å². The topological polar surface area (TPSA) is 12.0 Å². The van der Waals surface area contributed by atoms with Gasteiger partial charge in [-0.15, -0.1) is 0 Å². The molecule has 2 aliphatic carbocycles. The van der Waals surface area contributed by atoms with E-state index in [0.29, 0.717) is 0 Å². The molecule has 3 rings (SSSR count). The molecule has 0 spiro atoms. The van der Waals surface area contributed by atoms with Gasteiger partial charge in [-0.3, -0.25) is 0 Å². The highest BCUT2D eigenvalue weighted by Crippen LogP contribution is 2.39. The largest absolute Gasteiger partial charge is 0.317 e. The number of fused-ring (bicyclic) bond motifs is 1. The van der Waals surface area contributed by atoms with Crippen LogP contribution in [-0.2, 0) is 6.42 Å². The van der Waals surface area contributed by atoms with Crippen molar-refractivity contribution in [1.29, 1.82) is 0 Å². The van der Waals surface area contributed by atoms with Crippen LogP contribution in [0.5, 0.6) is 0 Å². The Kier molecular flexibility index (Phi) is 4.77. The van der Waals surface area contributed by atoms with Gasteiger partial charge in [-0.05, 0) is 68.5 Å². The molecule has 1 aromatic rings. The van der Waals surface area contributed by atoms with Gasteiger partial charge in [-0.1, -0.05) is 43.5 Å². The van der Waals surface area contributed by atoms with E-state index in [9.17, 15) is 0 Å². The summed E-state index contributed by atoms with van der Waals surface area (Å²) in [6, 6.07) is 9.96. The number of hydrogen-bond donors (Lipinski definition) is 1. The van der Waals surface area contributed by atoms with Gasteiger partial charge in [0.05, 0.1) is 0 Å². The summed E-state index contributed by atoms with van der Waals surface area (Å²) in [7, 11) is 2.14. The third-order valence-electron chi connectivity index (χ3n) is 5.55. The monoisotopic (exact) mass is 271 g/mol. The molecule has 0 amide bonds. The van der Waals surface area contributed by atoms with E-state index >= 15 is 0 Å². The fourth-order valence-corrected chi connectivity index (χ4v) is 4.44. The molecule has 20 heavy (non-hydrogen) atoms. The Bertz CT molecular complexity index is 426. The molecule has 110 valence electrons. The average molecular weight is 271 g/mol. The second-order valence-corrected chi connectivity index (χ2v) is 6.90. The quantitative estimate of drug-likeness (QED) is 0.788. The number of rotatable bonds is 3. The number of aryl methyl sites for hydroxylation is 1. The first-order valence-corrected chi connectivity index (χ1v) is 8.62. The van der Waals surface area contributed by atoms with Crippen LogP contribution in [-0.4, -0.2) is 13.1 Å². The Morgan fingerprint density at radius 3 is 2.80 bits per heavy atom. The fraction of sp³-hybridized carbons (Fsp3) is 0.684. The van der Waals surface area contributed by atoms with Gasteiger partial charge in [-0.2, -0.15) is 0 Å². The lowest BCUT2D eigenvalue weighted by Crippen LogP contribution is -2.27. The highest BCUT2D eigenvalue weighted by molar-refractivity contribution is 5.32. The van der Waals surface area contributed by atoms with Crippen LogP contribution in [0.15, 0.2) is 24.3 Å². The number of nitrogens with one attached hydrogen (secondary N) is 1. The van der Waals surface area contributed by atoms with Gasteiger partial charge in [0.25, 0.3) is 0 Å². The number of benzene rings is 1. The first-order valence-electron chi connectivity index (χ1n) is 8.62. The number of hydrogen-bond acceptors (Lipinski definition) is 1. The van der Waals surface area contributed by atoms with Crippen LogP contribution in [0, 0.1) is 5.92 Å². The Hall–Kier alpha value is -0.820. The molecule has 0 bridgehead atoms. The van der Waals surface area contributed by atoms with Crippen molar-refractivity contribution in [2.45, 2.75) is 69.7 Å². The summed E-state index contributed by atoms with van der Waals surface area (Å²) >= 11 is 0. The molecule has 0 heterocycles. The third kappa shape index (κ3) is 3.25.